The normalized spacial score (nSPS) is 11.2. The van der Waals surface area contributed by atoms with E-state index in [4.69, 9.17) is 9.47 Å². The van der Waals surface area contributed by atoms with Crippen LogP contribution >= 0.6 is 22.6 Å². The van der Waals surface area contributed by atoms with Gasteiger partial charge >= 0.3 is 0 Å². The van der Waals surface area contributed by atoms with Crippen LogP contribution in [-0.4, -0.2) is 17.6 Å². The van der Waals surface area contributed by atoms with Crippen LogP contribution in [0, 0.1) is 27.7 Å². The summed E-state index contributed by atoms with van der Waals surface area (Å²) in [4.78, 5) is 0. The molecule has 0 fully saturated rings. The van der Waals surface area contributed by atoms with E-state index >= 15 is 0 Å². The molecule has 0 bridgehead atoms. The van der Waals surface area contributed by atoms with Crippen molar-refractivity contribution < 1.29 is 9.47 Å². The summed E-state index contributed by atoms with van der Waals surface area (Å²) in [6.07, 6.45) is 1.97. The van der Waals surface area contributed by atoms with E-state index in [2.05, 4.69) is 90.1 Å². The molecule has 0 radical (unpaired) electrons. The first-order chi connectivity index (χ1) is 13.9. The van der Waals surface area contributed by atoms with Crippen molar-refractivity contribution in [3.8, 4) is 11.5 Å². The number of rotatable bonds is 9. The molecule has 2 rings (SSSR count). The summed E-state index contributed by atoms with van der Waals surface area (Å²) in [5.41, 5.74) is 10.8. The largest absolute Gasteiger partial charge is 0.493 e. The molecular formula is C26H37IO2. The Morgan fingerprint density at radius 1 is 0.690 bits per heavy atom. The van der Waals surface area contributed by atoms with Crippen molar-refractivity contribution >= 4 is 22.6 Å². The molecule has 3 heteroatoms. The van der Waals surface area contributed by atoms with E-state index in [9.17, 15) is 0 Å². The minimum atomic E-state index is 0.370. The highest BCUT2D eigenvalue weighted by atomic mass is 127. The van der Waals surface area contributed by atoms with Gasteiger partial charge in [-0.2, -0.15) is 0 Å². The molecule has 2 nitrogen and oxygen atoms in total. The third-order valence-electron chi connectivity index (χ3n) is 6.16. The first kappa shape index (κ1) is 24.0. The zero-order valence-corrected chi connectivity index (χ0v) is 21.6. The summed E-state index contributed by atoms with van der Waals surface area (Å²) in [6.45, 7) is 18.9. The molecule has 2 aromatic rings. The van der Waals surface area contributed by atoms with E-state index in [1.165, 1.54) is 44.5 Å². The fourth-order valence-electron chi connectivity index (χ4n) is 4.25. The lowest BCUT2D eigenvalue weighted by Crippen LogP contribution is -2.12. The standard InChI is InChI=1S/C26H37IO2/c1-9-20-13-22(16(5)18(7)25(20)28-11-3)24(15-27)23-14-21(10-2)26(29-12-4)19(8)17(23)6/h13-14,24H,9-12,15H2,1-8H3. The summed E-state index contributed by atoms with van der Waals surface area (Å²) in [5, 5.41) is 0. The highest BCUT2D eigenvalue weighted by Crippen LogP contribution is 2.40. The summed E-state index contributed by atoms with van der Waals surface area (Å²) in [5.74, 6) is 2.53. The Kier molecular flexibility index (Phi) is 8.87. The number of hydrogen-bond acceptors (Lipinski definition) is 2. The van der Waals surface area contributed by atoms with Crippen LogP contribution in [0.25, 0.3) is 0 Å². The molecule has 0 N–H and O–H groups in total. The number of halogens is 1. The number of alkyl halides is 1. The monoisotopic (exact) mass is 508 g/mol. The average molecular weight is 508 g/mol. The Morgan fingerprint density at radius 3 is 1.34 bits per heavy atom. The first-order valence-electron chi connectivity index (χ1n) is 10.9. The van der Waals surface area contributed by atoms with Crippen LogP contribution in [0.4, 0.5) is 0 Å². The molecule has 2 aromatic carbocycles. The van der Waals surface area contributed by atoms with Crippen LogP contribution in [0.2, 0.25) is 0 Å². The van der Waals surface area contributed by atoms with E-state index in [1.807, 2.05) is 0 Å². The Hall–Kier alpha value is -1.23. The van der Waals surface area contributed by atoms with E-state index in [0.717, 1.165) is 28.8 Å². The molecule has 0 heterocycles. The van der Waals surface area contributed by atoms with Gasteiger partial charge in [-0.15, -0.1) is 0 Å². The van der Waals surface area contributed by atoms with Crippen molar-refractivity contribution in [2.75, 3.05) is 17.6 Å². The van der Waals surface area contributed by atoms with Crippen LogP contribution < -0.4 is 9.47 Å². The molecule has 0 saturated heterocycles. The van der Waals surface area contributed by atoms with Gasteiger partial charge in [0.05, 0.1) is 13.2 Å². The highest BCUT2D eigenvalue weighted by molar-refractivity contribution is 14.1. The van der Waals surface area contributed by atoms with Crippen LogP contribution in [-0.2, 0) is 12.8 Å². The maximum absolute atomic E-state index is 6.02. The van der Waals surface area contributed by atoms with Crippen molar-refractivity contribution in [3.05, 3.63) is 56.6 Å². The molecule has 160 valence electrons. The van der Waals surface area contributed by atoms with Crippen molar-refractivity contribution in [1.29, 1.82) is 0 Å². The van der Waals surface area contributed by atoms with E-state index in [1.54, 1.807) is 0 Å². The van der Waals surface area contributed by atoms with E-state index in [0.29, 0.717) is 19.1 Å². The Morgan fingerprint density at radius 2 is 1.07 bits per heavy atom. The van der Waals surface area contributed by atoms with E-state index < -0.39 is 0 Å². The zero-order valence-electron chi connectivity index (χ0n) is 19.5. The molecule has 0 aliphatic rings. The van der Waals surface area contributed by atoms with Crippen LogP contribution in [0.15, 0.2) is 12.1 Å². The maximum Gasteiger partial charge on any atom is 0.125 e. The molecule has 0 atom stereocenters. The summed E-state index contributed by atoms with van der Waals surface area (Å²) < 4.78 is 13.1. The third-order valence-corrected chi connectivity index (χ3v) is 7.04. The average Bonchev–Trinajstić information content (AvgIpc) is 2.72. The molecule has 0 aliphatic carbocycles. The lowest BCUT2D eigenvalue weighted by atomic mass is 9.82. The van der Waals surface area contributed by atoms with Crippen molar-refractivity contribution in [1.82, 2.24) is 0 Å². The summed E-state index contributed by atoms with van der Waals surface area (Å²) >= 11 is 2.55. The molecule has 29 heavy (non-hydrogen) atoms. The van der Waals surface area contributed by atoms with Crippen molar-refractivity contribution in [2.24, 2.45) is 0 Å². The van der Waals surface area contributed by atoms with Gasteiger partial charge in [0, 0.05) is 10.3 Å². The maximum atomic E-state index is 6.02. The number of hydrogen-bond donors (Lipinski definition) is 0. The van der Waals surface area contributed by atoms with Crippen LogP contribution in [0.5, 0.6) is 11.5 Å². The number of ether oxygens (including phenoxy) is 2. The van der Waals surface area contributed by atoms with Crippen LogP contribution in [0.3, 0.4) is 0 Å². The van der Waals surface area contributed by atoms with Gasteiger partial charge in [-0.1, -0.05) is 48.6 Å². The van der Waals surface area contributed by atoms with Gasteiger partial charge in [0.25, 0.3) is 0 Å². The Labute approximate surface area is 191 Å². The van der Waals surface area contributed by atoms with Gasteiger partial charge < -0.3 is 9.47 Å². The fourth-order valence-corrected chi connectivity index (χ4v) is 5.20. The topological polar surface area (TPSA) is 18.5 Å². The van der Waals surface area contributed by atoms with Gasteiger partial charge in [0.2, 0.25) is 0 Å². The first-order valence-corrected chi connectivity index (χ1v) is 12.5. The zero-order chi connectivity index (χ0) is 21.7. The SMILES string of the molecule is CCOc1c(CC)cc(C(CI)c2cc(CC)c(OCC)c(C)c2C)c(C)c1C. The van der Waals surface area contributed by atoms with Gasteiger partial charge in [0.1, 0.15) is 11.5 Å². The smallest absolute Gasteiger partial charge is 0.125 e. The second-order valence-electron chi connectivity index (χ2n) is 7.69. The van der Waals surface area contributed by atoms with Crippen molar-refractivity contribution in [3.63, 3.8) is 0 Å². The summed E-state index contributed by atoms with van der Waals surface area (Å²) in [7, 11) is 0. The van der Waals surface area contributed by atoms with Gasteiger partial charge in [-0.05, 0) is 98.9 Å². The molecular weight excluding hydrogens is 471 g/mol. The minimum absolute atomic E-state index is 0.370. The molecule has 0 aliphatic heterocycles. The lowest BCUT2D eigenvalue weighted by molar-refractivity contribution is 0.334. The predicted octanol–water partition coefficient (Wildman–Crippen LogP) is 7.41. The third kappa shape index (κ3) is 4.76. The number of benzene rings is 2. The molecule has 0 aromatic heterocycles. The summed E-state index contributed by atoms with van der Waals surface area (Å²) in [6, 6.07) is 4.79. The Balaban J connectivity index is 2.72. The quantitative estimate of drug-likeness (QED) is 0.259. The highest BCUT2D eigenvalue weighted by Gasteiger charge is 2.24. The predicted molar refractivity (Wildman–Crippen MR) is 134 cm³/mol. The Bertz CT molecular complexity index is 785. The minimum Gasteiger partial charge on any atom is -0.493 e. The van der Waals surface area contributed by atoms with E-state index in [-0.39, 0.29) is 0 Å². The fraction of sp³-hybridized carbons (Fsp3) is 0.538. The lowest BCUT2D eigenvalue weighted by Gasteiger charge is -2.26. The molecule has 0 spiro atoms. The molecule has 0 unspecified atom stereocenters. The second kappa shape index (κ2) is 10.7. The molecule has 0 amide bonds. The second-order valence-corrected chi connectivity index (χ2v) is 8.57. The van der Waals surface area contributed by atoms with Crippen molar-refractivity contribution in [2.45, 2.75) is 74.1 Å². The number of aryl methyl sites for hydroxylation is 2. The van der Waals surface area contributed by atoms with Gasteiger partial charge in [-0.3, -0.25) is 0 Å². The molecule has 0 saturated carbocycles. The van der Waals surface area contributed by atoms with Gasteiger partial charge in [0.15, 0.2) is 0 Å². The van der Waals surface area contributed by atoms with Gasteiger partial charge in [-0.25, -0.2) is 0 Å². The van der Waals surface area contributed by atoms with Crippen LogP contribution in [0.1, 0.15) is 78.1 Å².